The summed E-state index contributed by atoms with van der Waals surface area (Å²) < 4.78 is 0. The van der Waals surface area contributed by atoms with Crippen LogP contribution in [0.5, 0.6) is 0 Å². The topological polar surface area (TPSA) is 41.1 Å². The lowest BCUT2D eigenvalue weighted by atomic mass is 10.0. The second-order valence-electron chi connectivity index (χ2n) is 6.09. The number of rotatable bonds is 3. The normalized spacial score (nSPS) is 18.9. The Morgan fingerprint density at radius 2 is 1.91 bits per heavy atom. The molecule has 1 amide bonds. The van der Waals surface area contributed by atoms with E-state index in [2.05, 4.69) is 34.9 Å². The van der Waals surface area contributed by atoms with Crippen LogP contribution >= 0.6 is 11.6 Å². The molecule has 3 nitrogen and oxygen atoms in total. The van der Waals surface area contributed by atoms with Crippen molar-refractivity contribution in [1.29, 1.82) is 0 Å². The minimum atomic E-state index is -0.132. The van der Waals surface area contributed by atoms with Gasteiger partial charge in [0.15, 0.2) is 0 Å². The minimum Gasteiger partial charge on any atom is -0.368 e. The van der Waals surface area contributed by atoms with E-state index in [1.807, 2.05) is 30.5 Å². The van der Waals surface area contributed by atoms with Gasteiger partial charge in [-0.1, -0.05) is 35.9 Å². The average molecular weight is 325 g/mol. The monoisotopic (exact) mass is 324 g/mol. The zero-order chi connectivity index (χ0) is 15.8. The first-order chi connectivity index (χ1) is 11.2. The number of carbonyl (C=O) groups is 1. The van der Waals surface area contributed by atoms with Gasteiger partial charge in [0, 0.05) is 17.1 Å². The molecule has 2 aromatic carbocycles. The molecule has 1 atom stereocenters. The molecule has 0 spiro atoms. The van der Waals surface area contributed by atoms with Gasteiger partial charge >= 0.3 is 0 Å². The third kappa shape index (κ3) is 3.10. The van der Waals surface area contributed by atoms with Crippen LogP contribution in [0.4, 0.5) is 0 Å². The van der Waals surface area contributed by atoms with Crippen LogP contribution in [0.1, 0.15) is 12.8 Å². The van der Waals surface area contributed by atoms with Gasteiger partial charge in [-0.05, 0) is 58.7 Å². The molecule has 23 heavy (non-hydrogen) atoms. The molecule has 1 aliphatic heterocycles. The Labute approximate surface area is 139 Å². The largest absolute Gasteiger partial charge is 0.368 e. The fourth-order valence-corrected chi connectivity index (χ4v) is 3.00. The van der Waals surface area contributed by atoms with Crippen LogP contribution in [0.3, 0.4) is 0 Å². The maximum absolute atomic E-state index is 11.9. The lowest BCUT2D eigenvalue weighted by Gasteiger charge is -2.18. The van der Waals surface area contributed by atoms with Gasteiger partial charge in [-0.2, -0.15) is 0 Å². The Morgan fingerprint density at radius 3 is 2.70 bits per heavy atom. The highest BCUT2D eigenvalue weighted by Crippen LogP contribution is 2.28. The molecule has 1 fully saturated rings. The molecule has 1 unspecified atom stereocenters. The molecule has 0 saturated heterocycles. The molecule has 0 bridgehead atoms. The van der Waals surface area contributed by atoms with E-state index in [4.69, 9.17) is 11.6 Å². The van der Waals surface area contributed by atoms with Gasteiger partial charge in [0.25, 0.3) is 0 Å². The number of fused-ring (bicyclic) bond motifs is 1. The molecule has 1 aliphatic carbocycles. The maximum atomic E-state index is 11.9. The van der Waals surface area contributed by atoms with Gasteiger partial charge in [-0.15, -0.1) is 0 Å². The zero-order valence-electron chi connectivity index (χ0n) is 12.6. The van der Waals surface area contributed by atoms with Gasteiger partial charge < -0.3 is 10.6 Å². The molecule has 2 N–H and O–H groups in total. The molecular formula is C19H17ClN2O. The highest BCUT2D eigenvalue weighted by atomic mass is 35.5. The molecule has 0 radical (unpaired) electrons. The Morgan fingerprint density at radius 1 is 1.09 bits per heavy atom. The molecule has 116 valence electrons. The molecule has 2 aliphatic rings. The standard InChI is InChI=1S/C19H17ClN2O/c20-17-3-1-2-13(9-17)14-6-7-15-10-18(21-11-16(15)8-14)22-19(23)12-4-5-12/h1-3,6-12,18,21H,4-5H2,(H,22,23). The van der Waals surface area contributed by atoms with Crippen LogP contribution in [-0.2, 0) is 4.79 Å². The van der Waals surface area contributed by atoms with Crippen molar-refractivity contribution < 1.29 is 4.79 Å². The lowest BCUT2D eigenvalue weighted by Crippen LogP contribution is -2.48. The third-order valence-electron chi connectivity index (χ3n) is 4.26. The summed E-state index contributed by atoms with van der Waals surface area (Å²) in [4.78, 5) is 11.9. The molecular weight excluding hydrogens is 308 g/mol. The summed E-state index contributed by atoms with van der Waals surface area (Å²) in [7, 11) is 0. The van der Waals surface area contributed by atoms with Crippen molar-refractivity contribution in [3.63, 3.8) is 0 Å². The van der Waals surface area contributed by atoms with Gasteiger partial charge in [0.2, 0.25) is 5.91 Å². The van der Waals surface area contributed by atoms with Crippen LogP contribution in [0.25, 0.3) is 23.4 Å². The Kier molecular flexibility index (Phi) is 3.58. The van der Waals surface area contributed by atoms with Crippen LogP contribution in [0, 0.1) is 5.92 Å². The SMILES string of the molecule is O=C(NC1C=c2ccc(-c3cccc(Cl)c3)cc2=CN1)C1CC1. The average Bonchev–Trinajstić information content (AvgIpc) is 3.39. The van der Waals surface area contributed by atoms with E-state index in [1.54, 1.807) is 0 Å². The molecule has 4 heteroatoms. The second kappa shape index (κ2) is 5.74. The van der Waals surface area contributed by atoms with E-state index in [-0.39, 0.29) is 18.0 Å². The van der Waals surface area contributed by atoms with Gasteiger partial charge in [0.05, 0.1) is 0 Å². The Bertz CT molecular complexity index is 886. The van der Waals surface area contributed by atoms with Crippen molar-refractivity contribution in [3.05, 3.63) is 57.9 Å². The van der Waals surface area contributed by atoms with Crippen molar-refractivity contribution >= 4 is 29.8 Å². The van der Waals surface area contributed by atoms with E-state index in [9.17, 15) is 4.79 Å². The fraction of sp³-hybridized carbons (Fsp3) is 0.211. The van der Waals surface area contributed by atoms with E-state index < -0.39 is 0 Å². The van der Waals surface area contributed by atoms with Crippen LogP contribution in [-0.4, -0.2) is 12.1 Å². The summed E-state index contributed by atoms with van der Waals surface area (Å²) in [6.07, 6.45) is 5.91. The summed E-state index contributed by atoms with van der Waals surface area (Å²) in [6, 6.07) is 14.1. The highest BCUT2D eigenvalue weighted by molar-refractivity contribution is 6.30. The number of nitrogens with one attached hydrogen (secondary N) is 2. The van der Waals surface area contributed by atoms with Crippen molar-refractivity contribution in [1.82, 2.24) is 10.6 Å². The van der Waals surface area contributed by atoms with Crippen molar-refractivity contribution in [3.8, 4) is 11.1 Å². The summed E-state index contributed by atoms with van der Waals surface area (Å²) in [6.45, 7) is 0. The lowest BCUT2D eigenvalue weighted by molar-refractivity contribution is -0.122. The zero-order valence-corrected chi connectivity index (χ0v) is 13.3. The highest BCUT2D eigenvalue weighted by Gasteiger charge is 2.30. The van der Waals surface area contributed by atoms with Crippen molar-refractivity contribution in [2.24, 2.45) is 5.92 Å². The summed E-state index contributed by atoms with van der Waals surface area (Å²) in [5.41, 5.74) is 2.22. The van der Waals surface area contributed by atoms with Crippen LogP contribution < -0.4 is 21.1 Å². The van der Waals surface area contributed by atoms with Gasteiger partial charge in [-0.25, -0.2) is 0 Å². The summed E-state index contributed by atoms with van der Waals surface area (Å²) >= 11 is 6.07. The van der Waals surface area contributed by atoms with E-state index in [0.29, 0.717) is 0 Å². The predicted molar refractivity (Wildman–Crippen MR) is 92.9 cm³/mol. The van der Waals surface area contributed by atoms with E-state index in [0.717, 1.165) is 39.4 Å². The third-order valence-corrected chi connectivity index (χ3v) is 4.49. The summed E-state index contributed by atoms with van der Waals surface area (Å²) in [5.74, 6) is 0.364. The van der Waals surface area contributed by atoms with E-state index >= 15 is 0 Å². The van der Waals surface area contributed by atoms with Crippen molar-refractivity contribution in [2.75, 3.05) is 0 Å². The number of hydrogen-bond acceptors (Lipinski definition) is 2. The number of halogens is 1. The maximum Gasteiger partial charge on any atom is 0.224 e. The van der Waals surface area contributed by atoms with E-state index in [1.165, 1.54) is 0 Å². The Hall–Kier alpha value is -2.26. The van der Waals surface area contributed by atoms with Crippen molar-refractivity contribution in [2.45, 2.75) is 19.0 Å². The van der Waals surface area contributed by atoms with Gasteiger partial charge in [-0.3, -0.25) is 4.79 Å². The molecule has 2 aromatic rings. The first kappa shape index (κ1) is 14.3. The first-order valence-corrected chi connectivity index (χ1v) is 8.21. The Balaban J connectivity index is 1.62. The molecule has 4 rings (SSSR count). The van der Waals surface area contributed by atoms with Crippen LogP contribution in [0.2, 0.25) is 5.02 Å². The number of carbonyl (C=O) groups excluding carboxylic acids is 1. The number of amides is 1. The fourth-order valence-electron chi connectivity index (χ4n) is 2.81. The number of hydrogen-bond donors (Lipinski definition) is 2. The summed E-state index contributed by atoms with van der Waals surface area (Å²) in [5, 5.41) is 9.23. The first-order valence-electron chi connectivity index (χ1n) is 7.83. The van der Waals surface area contributed by atoms with Crippen LogP contribution in [0.15, 0.2) is 42.5 Å². The van der Waals surface area contributed by atoms with Gasteiger partial charge in [0.1, 0.15) is 6.17 Å². The quantitative estimate of drug-likeness (QED) is 0.906. The molecule has 1 saturated carbocycles. The predicted octanol–water partition coefficient (Wildman–Crippen LogP) is 1.98. The smallest absolute Gasteiger partial charge is 0.224 e. The second-order valence-corrected chi connectivity index (χ2v) is 6.53. The molecule has 1 heterocycles. The number of benzene rings is 2. The molecule has 0 aromatic heterocycles. The minimum absolute atomic E-state index is 0.132.